The van der Waals surface area contributed by atoms with E-state index in [0.717, 1.165) is 25.9 Å². The molecule has 4 saturated heterocycles. The van der Waals surface area contributed by atoms with Gasteiger partial charge in [0.15, 0.2) is 0 Å². The number of amides is 1. The van der Waals surface area contributed by atoms with Crippen LogP contribution in [0, 0.1) is 11.7 Å². The normalized spacial score (nSPS) is 32.5. The maximum Gasteiger partial charge on any atom is 0.254 e. The third kappa shape index (κ3) is 2.45. The number of rotatable bonds is 2. The summed E-state index contributed by atoms with van der Waals surface area (Å²) in [6, 6.07) is 10.7. The third-order valence-electron chi connectivity index (χ3n) is 6.44. The van der Waals surface area contributed by atoms with Gasteiger partial charge in [-0.1, -0.05) is 12.1 Å². The monoisotopic (exact) mass is 351 g/mol. The van der Waals surface area contributed by atoms with Gasteiger partial charge in [-0.15, -0.1) is 0 Å². The van der Waals surface area contributed by atoms with Crippen molar-refractivity contribution in [3.63, 3.8) is 0 Å². The Morgan fingerprint density at radius 1 is 1.12 bits per heavy atom. The molecule has 2 aromatic rings. The minimum Gasteiger partial charge on any atom is -0.333 e. The van der Waals surface area contributed by atoms with Crippen LogP contribution < -0.4 is 0 Å². The fourth-order valence-corrected chi connectivity index (χ4v) is 5.33. The lowest BCUT2D eigenvalue weighted by Crippen LogP contribution is -2.60. The first kappa shape index (κ1) is 15.9. The molecule has 3 atom stereocenters. The maximum absolute atomic E-state index is 13.7. The first-order chi connectivity index (χ1) is 12.7. The molecule has 5 heterocycles. The predicted molar refractivity (Wildman–Crippen MR) is 96.3 cm³/mol. The lowest BCUT2D eigenvalue weighted by Gasteiger charge is -2.51. The quantitative estimate of drug-likeness (QED) is 0.835. The zero-order chi connectivity index (χ0) is 17.7. The topological polar surface area (TPSA) is 36.4 Å². The molecule has 134 valence electrons. The van der Waals surface area contributed by atoms with Gasteiger partial charge in [0.05, 0.1) is 6.04 Å². The summed E-state index contributed by atoms with van der Waals surface area (Å²) in [4.78, 5) is 22.1. The fraction of sp³-hybridized carbons (Fsp3) is 0.429. The number of pyridine rings is 1. The molecule has 0 radical (unpaired) electrons. The van der Waals surface area contributed by atoms with E-state index in [1.54, 1.807) is 18.3 Å². The Labute approximate surface area is 152 Å². The molecule has 1 aromatic heterocycles. The number of hydrogen-bond donors (Lipinski definition) is 0. The van der Waals surface area contributed by atoms with Crippen LogP contribution in [0.15, 0.2) is 48.8 Å². The molecular weight excluding hydrogens is 329 g/mol. The summed E-state index contributed by atoms with van der Waals surface area (Å²) in [5, 5.41) is 0. The molecule has 4 aliphatic heterocycles. The first-order valence-corrected chi connectivity index (χ1v) is 9.43. The second-order valence-electron chi connectivity index (χ2n) is 7.72. The minimum atomic E-state index is -0.357. The highest BCUT2D eigenvalue weighted by Crippen LogP contribution is 2.46. The van der Waals surface area contributed by atoms with Gasteiger partial charge < -0.3 is 4.90 Å². The van der Waals surface area contributed by atoms with Gasteiger partial charge >= 0.3 is 0 Å². The van der Waals surface area contributed by atoms with Crippen molar-refractivity contribution >= 4 is 5.91 Å². The number of benzene rings is 1. The average molecular weight is 351 g/mol. The van der Waals surface area contributed by atoms with Crippen molar-refractivity contribution in [3.8, 4) is 0 Å². The van der Waals surface area contributed by atoms with Crippen molar-refractivity contribution in [2.45, 2.75) is 30.8 Å². The van der Waals surface area contributed by atoms with E-state index in [9.17, 15) is 9.18 Å². The van der Waals surface area contributed by atoms with Crippen molar-refractivity contribution < 1.29 is 9.18 Å². The van der Waals surface area contributed by atoms with E-state index >= 15 is 0 Å². The molecule has 3 unspecified atom stereocenters. The summed E-state index contributed by atoms with van der Waals surface area (Å²) in [7, 11) is 0. The lowest BCUT2D eigenvalue weighted by molar-refractivity contribution is -0.00343. The summed E-state index contributed by atoms with van der Waals surface area (Å²) >= 11 is 0. The van der Waals surface area contributed by atoms with Crippen LogP contribution in [0.5, 0.6) is 0 Å². The molecule has 0 saturated carbocycles. The van der Waals surface area contributed by atoms with Crippen LogP contribution in [-0.2, 0) is 0 Å². The molecule has 4 aliphatic rings. The summed E-state index contributed by atoms with van der Waals surface area (Å²) < 4.78 is 13.7. The van der Waals surface area contributed by atoms with Crippen molar-refractivity contribution in [3.05, 3.63) is 65.7 Å². The second kappa shape index (κ2) is 6.16. The molecule has 6 rings (SSSR count). The molecule has 0 spiro atoms. The molecular formula is C21H22FN3O. The van der Waals surface area contributed by atoms with Crippen LogP contribution in [0.4, 0.5) is 4.39 Å². The Morgan fingerprint density at radius 3 is 2.69 bits per heavy atom. The van der Waals surface area contributed by atoms with E-state index in [1.165, 1.54) is 17.7 Å². The van der Waals surface area contributed by atoms with E-state index in [0.29, 0.717) is 24.1 Å². The maximum atomic E-state index is 13.7. The Kier molecular flexibility index (Phi) is 3.78. The number of nitrogens with zero attached hydrogens (tertiary/aromatic N) is 3. The zero-order valence-corrected chi connectivity index (χ0v) is 14.6. The summed E-state index contributed by atoms with van der Waals surface area (Å²) in [5.74, 6) is 0.419. The molecule has 5 heteroatoms. The second-order valence-corrected chi connectivity index (χ2v) is 7.72. The van der Waals surface area contributed by atoms with Crippen LogP contribution in [0.2, 0.25) is 0 Å². The van der Waals surface area contributed by atoms with Crippen LogP contribution in [0.25, 0.3) is 0 Å². The molecule has 4 fully saturated rings. The summed E-state index contributed by atoms with van der Waals surface area (Å²) in [6.07, 6.45) is 6.02. The van der Waals surface area contributed by atoms with Gasteiger partial charge in [-0.05, 0) is 61.7 Å². The SMILES string of the molecule is O=C(c1cccc(F)c1)N1CC(c2cccnc2)C2C1C1CCN2CC1. The van der Waals surface area contributed by atoms with Gasteiger partial charge in [0, 0.05) is 36.5 Å². The third-order valence-corrected chi connectivity index (χ3v) is 6.44. The van der Waals surface area contributed by atoms with Gasteiger partial charge in [-0.3, -0.25) is 14.7 Å². The lowest BCUT2D eigenvalue weighted by atomic mass is 9.75. The highest BCUT2D eigenvalue weighted by Gasteiger charge is 2.54. The van der Waals surface area contributed by atoms with Gasteiger partial charge in [-0.2, -0.15) is 0 Å². The van der Waals surface area contributed by atoms with Gasteiger partial charge in [0.25, 0.3) is 5.91 Å². The molecule has 0 N–H and O–H groups in total. The van der Waals surface area contributed by atoms with E-state index in [-0.39, 0.29) is 23.7 Å². The predicted octanol–water partition coefficient (Wildman–Crippen LogP) is 2.92. The summed E-state index contributed by atoms with van der Waals surface area (Å²) in [5.41, 5.74) is 1.65. The van der Waals surface area contributed by atoms with Gasteiger partial charge in [-0.25, -0.2) is 4.39 Å². The van der Waals surface area contributed by atoms with Crippen LogP contribution in [-0.4, -0.2) is 52.4 Å². The highest BCUT2D eigenvalue weighted by molar-refractivity contribution is 5.94. The molecule has 2 bridgehead atoms. The van der Waals surface area contributed by atoms with Gasteiger partial charge in [0.2, 0.25) is 0 Å². The number of hydrogen-bond acceptors (Lipinski definition) is 3. The Balaban J connectivity index is 1.53. The number of carbonyl (C=O) groups is 1. The van der Waals surface area contributed by atoms with Crippen molar-refractivity contribution in [2.75, 3.05) is 19.6 Å². The molecule has 4 nitrogen and oxygen atoms in total. The average Bonchev–Trinajstić information content (AvgIpc) is 3.12. The zero-order valence-electron chi connectivity index (χ0n) is 14.6. The van der Waals surface area contributed by atoms with Crippen LogP contribution in [0.3, 0.4) is 0 Å². The largest absolute Gasteiger partial charge is 0.333 e. The van der Waals surface area contributed by atoms with Crippen molar-refractivity contribution in [2.24, 2.45) is 5.92 Å². The Hall–Kier alpha value is -2.27. The number of likely N-dealkylation sites (tertiary alicyclic amines) is 1. The molecule has 26 heavy (non-hydrogen) atoms. The highest BCUT2D eigenvalue weighted by atomic mass is 19.1. The number of aromatic nitrogens is 1. The van der Waals surface area contributed by atoms with Crippen molar-refractivity contribution in [1.29, 1.82) is 0 Å². The van der Waals surface area contributed by atoms with E-state index in [2.05, 4.69) is 16.0 Å². The molecule has 1 amide bonds. The minimum absolute atomic E-state index is 0.0420. The smallest absolute Gasteiger partial charge is 0.254 e. The molecule has 0 aliphatic carbocycles. The summed E-state index contributed by atoms with van der Waals surface area (Å²) in [6.45, 7) is 2.92. The number of fused-ring (bicyclic) bond motifs is 2. The van der Waals surface area contributed by atoms with Crippen LogP contribution >= 0.6 is 0 Å². The van der Waals surface area contributed by atoms with E-state index in [4.69, 9.17) is 0 Å². The Morgan fingerprint density at radius 2 is 1.96 bits per heavy atom. The van der Waals surface area contributed by atoms with Crippen LogP contribution in [0.1, 0.15) is 34.7 Å². The van der Waals surface area contributed by atoms with E-state index in [1.807, 2.05) is 17.2 Å². The standard InChI is InChI=1S/C21H22FN3O/c22-17-5-1-3-15(11-17)21(26)25-13-18(16-4-2-8-23-12-16)20-19(25)14-6-9-24(20)10-7-14/h1-5,8,11-12,14,18-20H,6-7,9-10,13H2. The van der Waals surface area contributed by atoms with E-state index < -0.39 is 0 Å². The van der Waals surface area contributed by atoms with Crippen molar-refractivity contribution in [1.82, 2.24) is 14.8 Å². The number of piperidine rings is 3. The molecule has 1 aromatic carbocycles. The number of halogens is 1. The number of carbonyl (C=O) groups excluding carboxylic acids is 1. The first-order valence-electron chi connectivity index (χ1n) is 9.43. The van der Waals surface area contributed by atoms with Gasteiger partial charge in [0.1, 0.15) is 5.82 Å². The Bertz CT molecular complexity index is 819. The fourth-order valence-electron chi connectivity index (χ4n) is 5.33.